The summed E-state index contributed by atoms with van der Waals surface area (Å²) in [6.07, 6.45) is 24.1. The van der Waals surface area contributed by atoms with Gasteiger partial charge in [-0.15, -0.1) is 15.0 Å². The standard InChI is InChI=1S/C31H57NO4.C28H52N2O4.C22H40N2O6.C13H11N3O/c1-10-23(27(34)36-24-18-28(2,3)22-29(4,5)19-24)16-14-12-11-13-15-17-26(33)35-25-20-30(6,7)32-31(8,9)21-25;1-25(2)17-21(18-26(3,4)29-25)33-23(31)15-13-11-9-10-12-14-16-24(32)34-22-19-27(5,6)30-28(7,8)20-22;1-19(2)11-15(12-20(3,4)23(19)27)29-17(25)9-10-18(26)30-16-13-21(5,6)24(28)22(7,8)14-16;1-9-6-7-13(17)12(8-9)16-14-10-4-2-3-5-11(10)15-16/h23-25,32H,10-22H2,1-9H3;21-22,29-30H,9-20H2,1-8H3;15-16,27-28H,9-14H2,1-8H3;2-8,17H,1H3. The van der Waals surface area contributed by atoms with Crippen molar-refractivity contribution in [2.75, 3.05) is 0 Å². The van der Waals surface area contributed by atoms with E-state index in [1.807, 2.05) is 98.7 Å². The fourth-order valence-corrected chi connectivity index (χ4v) is 20.7. The lowest BCUT2D eigenvalue weighted by Crippen LogP contribution is -2.60. The molecular weight excluding hydrogens is 1480 g/mol. The molecule has 0 spiro atoms. The number of carbonyl (C=O) groups excluding carboxylic acids is 6. The number of hydroxylamine groups is 4. The Morgan fingerprint density at radius 2 is 0.675 bits per heavy atom. The van der Waals surface area contributed by atoms with E-state index >= 15 is 0 Å². The molecule has 6 fully saturated rings. The van der Waals surface area contributed by atoms with Crippen molar-refractivity contribution in [1.82, 2.24) is 41.1 Å². The molecule has 23 nitrogen and oxygen atoms in total. The number of ether oxygens (including phenoxy) is 6. The molecule has 666 valence electrons. The van der Waals surface area contributed by atoms with Crippen LogP contribution in [0, 0.1) is 23.7 Å². The fraction of sp³-hybridized carbons (Fsp3) is 0.809. The Bertz CT molecular complexity index is 3450. The van der Waals surface area contributed by atoms with Gasteiger partial charge in [0.25, 0.3) is 0 Å². The van der Waals surface area contributed by atoms with Crippen LogP contribution in [-0.4, -0.2) is 168 Å². The molecule has 1 aliphatic carbocycles. The number of rotatable bonds is 29. The average Bonchev–Trinajstić information content (AvgIpc) is 1.74. The van der Waals surface area contributed by atoms with Crippen molar-refractivity contribution in [3.63, 3.8) is 0 Å². The number of benzene rings is 2. The first-order chi connectivity index (χ1) is 53.8. The number of carbonyl (C=O) groups is 6. The molecule has 5 saturated heterocycles. The number of phenols is 1. The van der Waals surface area contributed by atoms with Gasteiger partial charge in [-0.2, -0.15) is 10.1 Å². The van der Waals surface area contributed by atoms with Crippen LogP contribution in [0.4, 0.5) is 0 Å². The minimum Gasteiger partial charge on any atom is -0.506 e. The maximum atomic E-state index is 12.9. The Morgan fingerprint density at radius 1 is 0.393 bits per heavy atom. The number of esters is 6. The number of phenolic OH excluding ortho intramolecular Hbond substituents is 1. The summed E-state index contributed by atoms with van der Waals surface area (Å²) in [5, 5.41) is 52.7. The second-order valence-corrected chi connectivity index (χ2v) is 43.6. The maximum Gasteiger partial charge on any atom is 0.309 e. The van der Waals surface area contributed by atoms with Crippen LogP contribution in [0.15, 0.2) is 42.5 Å². The molecule has 0 bridgehead atoms. The third kappa shape index (κ3) is 34.2. The van der Waals surface area contributed by atoms with Gasteiger partial charge >= 0.3 is 35.8 Å². The predicted octanol–water partition coefficient (Wildman–Crippen LogP) is 19.7. The summed E-state index contributed by atoms with van der Waals surface area (Å²) in [4.78, 5) is 75.9. The molecule has 6 aliphatic rings. The molecule has 23 heteroatoms. The normalized spacial score (nSPS) is 22.8. The van der Waals surface area contributed by atoms with E-state index < -0.39 is 34.1 Å². The maximum absolute atomic E-state index is 12.9. The van der Waals surface area contributed by atoms with E-state index in [9.17, 15) is 44.3 Å². The molecular formula is C94H160N8O15. The molecule has 0 radical (unpaired) electrons. The average molecular weight is 1640 g/mol. The van der Waals surface area contributed by atoms with Gasteiger partial charge in [0.2, 0.25) is 0 Å². The minimum atomic E-state index is -0.507. The lowest BCUT2D eigenvalue weighted by atomic mass is 9.64. The first-order valence-corrected chi connectivity index (χ1v) is 44.4. The highest BCUT2D eigenvalue weighted by atomic mass is 16.6. The van der Waals surface area contributed by atoms with Gasteiger partial charge in [-0.3, -0.25) is 28.8 Å². The van der Waals surface area contributed by atoms with Crippen molar-refractivity contribution in [1.29, 1.82) is 0 Å². The van der Waals surface area contributed by atoms with Crippen molar-refractivity contribution in [2.24, 2.45) is 16.7 Å². The Labute approximate surface area is 704 Å². The monoisotopic (exact) mass is 1640 g/mol. The molecule has 1 atom stereocenters. The quantitative estimate of drug-likeness (QED) is 0.0214. The molecule has 1 unspecified atom stereocenters. The van der Waals surface area contributed by atoms with E-state index in [0.717, 1.165) is 151 Å². The second-order valence-electron chi connectivity index (χ2n) is 43.6. The molecule has 6 heterocycles. The van der Waals surface area contributed by atoms with Gasteiger partial charge in [0.1, 0.15) is 59.1 Å². The van der Waals surface area contributed by atoms with Crippen LogP contribution in [0.25, 0.3) is 16.7 Å². The van der Waals surface area contributed by atoms with Crippen LogP contribution in [0.3, 0.4) is 0 Å². The number of aryl methyl sites for hydroxylation is 1. The zero-order valence-electron chi connectivity index (χ0n) is 77.5. The van der Waals surface area contributed by atoms with Crippen LogP contribution in [0.1, 0.15) is 378 Å². The fourth-order valence-electron chi connectivity index (χ4n) is 20.7. The lowest BCUT2D eigenvalue weighted by molar-refractivity contribution is -0.260. The predicted molar refractivity (Wildman–Crippen MR) is 462 cm³/mol. The zero-order chi connectivity index (χ0) is 87.8. The van der Waals surface area contributed by atoms with E-state index in [1.54, 1.807) is 6.07 Å². The van der Waals surface area contributed by atoms with E-state index in [0.29, 0.717) is 50.6 Å². The van der Waals surface area contributed by atoms with Gasteiger partial charge in [-0.1, -0.05) is 104 Å². The number of hydrogen-bond acceptors (Lipinski definition) is 22. The SMILES string of the molecule is CC1(C)CC(OC(=O)CCC(=O)OC2CC(C)(C)N(O)C(C)(C)C2)CC(C)(C)N1O.CC1(C)CC(OC(=O)CCCCCCCCC(=O)OC2CC(C)(C)NC(C)(C)C2)CC(C)(C)N1.CCC(CCCCCCCC(=O)OC1CC(C)(C)NC(C)(C)C1)C(=O)OC1CC(C)(C)CC(C)(C)C1.Cc1ccc(O)c(-n2nc3ccccc3n2)c1. The lowest BCUT2D eigenvalue weighted by Gasteiger charge is -2.51. The molecule has 0 amide bonds. The molecule has 9 rings (SSSR count). The van der Waals surface area contributed by atoms with Crippen LogP contribution in [-0.2, 0) is 57.2 Å². The van der Waals surface area contributed by atoms with Crippen LogP contribution in [0.2, 0.25) is 0 Å². The molecule has 5 aliphatic heterocycles. The zero-order valence-corrected chi connectivity index (χ0v) is 77.5. The highest BCUT2D eigenvalue weighted by Gasteiger charge is 2.49. The molecule has 6 N–H and O–H groups in total. The van der Waals surface area contributed by atoms with Gasteiger partial charge in [-0.05, 0) is 237 Å². The van der Waals surface area contributed by atoms with Gasteiger partial charge in [0.15, 0.2) is 0 Å². The topological polar surface area (TPSA) is 292 Å². The summed E-state index contributed by atoms with van der Waals surface area (Å²) < 4.78 is 34.6. The molecule has 117 heavy (non-hydrogen) atoms. The number of aromatic hydroxyl groups is 1. The Hall–Kier alpha value is -5.82. The smallest absolute Gasteiger partial charge is 0.309 e. The van der Waals surface area contributed by atoms with Gasteiger partial charge in [0.05, 0.1) is 18.8 Å². The number of aromatic nitrogens is 3. The first-order valence-electron chi connectivity index (χ1n) is 44.4. The van der Waals surface area contributed by atoms with Crippen LogP contribution >= 0.6 is 0 Å². The number of fused-ring (bicyclic) bond motifs is 1. The van der Waals surface area contributed by atoms with Crippen molar-refractivity contribution >= 4 is 46.8 Å². The van der Waals surface area contributed by atoms with Crippen molar-refractivity contribution < 1.29 is 72.7 Å². The van der Waals surface area contributed by atoms with E-state index in [1.165, 1.54) is 21.3 Å². The van der Waals surface area contributed by atoms with Crippen molar-refractivity contribution in [3.8, 4) is 11.4 Å². The van der Waals surface area contributed by atoms with E-state index in [4.69, 9.17) is 28.4 Å². The summed E-state index contributed by atoms with van der Waals surface area (Å²) in [5.41, 5.74) is 1.61. The van der Waals surface area contributed by atoms with E-state index in [2.05, 4.69) is 144 Å². The summed E-state index contributed by atoms with van der Waals surface area (Å²) in [5.74, 6) is -0.862. The van der Waals surface area contributed by atoms with Crippen LogP contribution in [0.5, 0.6) is 5.75 Å². The Balaban J connectivity index is 0.000000248. The Kier molecular flexibility index (Phi) is 35.4. The third-order valence-corrected chi connectivity index (χ3v) is 23.9. The largest absolute Gasteiger partial charge is 0.506 e. The summed E-state index contributed by atoms with van der Waals surface area (Å²) in [7, 11) is 0. The van der Waals surface area contributed by atoms with Crippen molar-refractivity contribution in [3.05, 3.63) is 48.0 Å². The Morgan fingerprint density at radius 3 is 0.991 bits per heavy atom. The molecule has 3 aromatic rings. The highest BCUT2D eigenvalue weighted by Crippen LogP contribution is 2.48. The summed E-state index contributed by atoms with van der Waals surface area (Å²) in [6, 6.07) is 13.0. The van der Waals surface area contributed by atoms with Crippen molar-refractivity contribution in [2.45, 2.75) is 471 Å². The van der Waals surface area contributed by atoms with E-state index in [-0.39, 0.29) is 129 Å². The van der Waals surface area contributed by atoms with Gasteiger partial charge in [0, 0.05) is 139 Å². The number of hydrogen-bond donors (Lipinski definition) is 6. The number of piperidine rings is 5. The third-order valence-electron chi connectivity index (χ3n) is 23.9. The minimum absolute atomic E-state index is 0.000220. The second kappa shape index (κ2) is 41.4. The van der Waals surface area contributed by atoms with Gasteiger partial charge in [-0.25, -0.2) is 0 Å². The number of unbranched alkanes of at least 4 members (excludes halogenated alkanes) is 9. The molecule has 2 aromatic carbocycles. The summed E-state index contributed by atoms with van der Waals surface area (Å²) >= 11 is 0. The van der Waals surface area contributed by atoms with Crippen LogP contribution < -0.4 is 16.0 Å². The van der Waals surface area contributed by atoms with Gasteiger partial charge < -0.3 is 59.9 Å². The highest BCUT2D eigenvalue weighted by molar-refractivity contribution is 5.78. The first kappa shape index (κ1) is 100.0. The number of nitrogens with zero attached hydrogens (tertiary/aromatic N) is 5. The molecule has 1 saturated carbocycles. The molecule has 1 aromatic heterocycles. The summed E-state index contributed by atoms with van der Waals surface area (Å²) in [6.45, 7) is 54.6. The number of nitrogens with one attached hydrogen (secondary N) is 3.